The predicted molar refractivity (Wildman–Crippen MR) is 36.9 cm³/mol. The van der Waals surface area contributed by atoms with E-state index in [2.05, 4.69) is 0 Å². The van der Waals surface area contributed by atoms with E-state index in [0.29, 0.717) is 0 Å². The van der Waals surface area contributed by atoms with Crippen molar-refractivity contribution in [1.29, 1.82) is 0 Å². The second-order valence-electron chi connectivity index (χ2n) is 0.961. The zero-order chi connectivity index (χ0) is 9.00. The van der Waals surface area contributed by atoms with Crippen LogP contribution in [0.5, 0.6) is 0 Å². The molecular weight excluding hydrogens is 304 g/mol. The Labute approximate surface area is 125 Å². The van der Waals surface area contributed by atoms with Crippen molar-refractivity contribution in [3.8, 4) is 0 Å². The van der Waals surface area contributed by atoms with Crippen LogP contribution in [-0.4, -0.2) is 53.8 Å². The van der Waals surface area contributed by atoms with Gasteiger partial charge < -0.3 is 16.1 Å². The topological polar surface area (TPSA) is 152 Å². The molecule has 0 aliphatic rings. The largest absolute Gasteiger partial charge is 1.00 e. The van der Waals surface area contributed by atoms with E-state index in [1.165, 1.54) is 0 Å². The van der Waals surface area contributed by atoms with Crippen molar-refractivity contribution in [2.75, 3.05) is 0 Å². The maximum atomic E-state index is 8.88. The van der Waals surface area contributed by atoms with Crippen molar-refractivity contribution in [2.24, 2.45) is 0 Å². The normalized spacial score (nSPS) is 9.75. The number of rotatable bonds is 0. The van der Waals surface area contributed by atoms with E-state index in [0.717, 1.165) is 0 Å². The SMILES string of the molecule is O=P(O)(O)O.O=[Se](=O)(O)O.[AlH3].[H-].[K+]. The van der Waals surface area contributed by atoms with Gasteiger partial charge in [-0.05, 0) is 0 Å². The van der Waals surface area contributed by atoms with Crippen LogP contribution in [0.25, 0.3) is 0 Å². The summed E-state index contributed by atoms with van der Waals surface area (Å²) in [5.41, 5.74) is 0. The molecule has 0 aliphatic heterocycles. The molecule has 0 bridgehead atoms. The van der Waals surface area contributed by atoms with E-state index in [9.17, 15) is 0 Å². The maximum Gasteiger partial charge on any atom is 1.00 e. The van der Waals surface area contributed by atoms with E-state index in [1.54, 1.807) is 0 Å². The zero-order valence-electron chi connectivity index (χ0n) is 6.32. The Morgan fingerprint density at radius 3 is 1.08 bits per heavy atom. The summed E-state index contributed by atoms with van der Waals surface area (Å²) < 4.78 is 40.8. The molecule has 0 saturated heterocycles. The van der Waals surface area contributed by atoms with Crippen molar-refractivity contribution in [2.45, 2.75) is 0 Å². The molecule has 0 heterocycles. The second kappa shape index (κ2) is 9.86. The molecule has 0 amide bonds. The average Bonchev–Trinajstić information content (AvgIpc) is 1.12. The van der Waals surface area contributed by atoms with Crippen LogP contribution in [0.3, 0.4) is 0 Å². The van der Waals surface area contributed by atoms with Crippen LogP contribution in [0.4, 0.5) is 0 Å². The van der Waals surface area contributed by atoms with Crippen molar-refractivity contribution in [3.63, 3.8) is 0 Å². The Morgan fingerprint density at radius 2 is 1.08 bits per heavy atom. The van der Waals surface area contributed by atoms with Crippen molar-refractivity contribution in [3.05, 3.63) is 0 Å². The van der Waals surface area contributed by atoms with Gasteiger partial charge in [0.1, 0.15) is 0 Å². The second-order valence-corrected chi connectivity index (χ2v) is 3.87. The molecule has 0 unspecified atom stereocenters. The smallest absolute Gasteiger partial charge is 1.00 e. The summed E-state index contributed by atoms with van der Waals surface area (Å²) in [5, 5.41) is 0. The Morgan fingerprint density at radius 1 is 1.08 bits per heavy atom. The molecule has 0 fully saturated rings. The molecule has 12 heteroatoms. The molecule has 0 radical (unpaired) electrons. The summed E-state index contributed by atoms with van der Waals surface area (Å²) >= 11 is -5.25. The van der Waals surface area contributed by atoms with Crippen LogP contribution in [0, 0.1) is 0 Å². The third-order valence-corrected chi connectivity index (χ3v) is 0. The van der Waals surface area contributed by atoms with E-state index < -0.39 is 21.2 Å². The van der Waals surface area contributed by atoms with E-state index in [1.807, 2.05) is 0 Å². The van der Waals surface area contributed by atoms with Crippen LogP contribution in [-0.2, 0) is 12.2 Å². The molecule has 0 aromatic rings. The van der Waals surface area contributed by atoms with Gasteiger partial charge in [0.2, 0.25) is 0 Å². The first-order valence-corrected chi connectivity index (χ1v) is 5.98. The molecule has 0 spiro atoms. The van der Waals surface area contributed by atoms with Crippen LogP contribution >= 0.6 is 7.82 Å². The fourth-order valence-corrected chi connectivity index (χ4v) is 0. The number of hydrogen-bond acceptors (Lipinski definition) is 3. The van der Waals surface area contributed by atoms with Crippen LogP contribution in [0.15, 0.2) is 0 Å². The molecule has 12 heavy (non-hydrogen) atoms. The maximum absolute atomic E-state index is 8.88. The third kappa shape index (κ3) is 294. The predicted octanol–water partition coefficient (Wildman–Crippen LogP) is -6.73. The molecule has 0 aromatic carbocycles. The Hall–Kier alpha value is 2.32. The van der Waals surface area contributed by atoms with Gasteiger partial charge in [-0.2, -0.15) is 0 Å². The van der Waals surface area contributed by atoms with Gasteiger partial charge in [-0.25, -0.2) is 4.57 Å². The summed E-state index contributed by atoms with van der Waals surface area (Å²) in [6.45, 7) is 0. The fraction of sp³-hybridized carbons (Fsp3) is 0. The van der Waals surface area contributed by atoms with Crippen LogP contribution < -0.4 is 51.4 Å². The Bertz CT molecular complexity index is 202. The Balaban J connectivity index is -0.0000000267. The minimum absolute atomic E-state index is 0. The molecular formula is H9AlKO8PSe. The number of hydrogen-bond donors (Lipinski definition) is 5. The van der Waals surface area contributed by atoms with Crippen molar-refractivity contribution < 1.29 is 88.1 Å². The summed E-state index contributed by atoms with van der Waals surface area (Å²) in [6, 6.07) is 0. The first kappa shape index (κ1) is 23.9. The molecule has 5 N–H and O–H groups in total. The third-order valence-electron chi connectivity index (χ3n) is 0. The minimum atomic E-state index is -5.25. The van der Waals surface area contributed by atoms with Gasteiger partial charge in [0.05, 0.1) is 0 Å². The summed E-state index contributed by atoms with van der Waals surface area (Å²) in [6.07, 6.45) is 0. The van der Waals surface area contributed by atoms with Gasteiger partial charge in [-0.3, -0.25) is 0 Å². The fourth-order valence-electron chi connectivity index (χ4n) is 0. The van der Waals surface area contributed by atoms with Crippen molar-refractivity contribution >= 4 is 38.6 Å². The molecule has 0 aliphatic carbocycles. The molecule has 0 rings (SSSR count). The summed E-state index contributed by atoms with van der Waals surface area (Å²) in [5.74, 6) is 0. The quantitative estimate of drug-likeness (QED) is 0.218. The first-order valence-electron chi connectivity index (χ1n) is 1.48. The van der Waals surface area contributed by atoms with Crippen LogP contribution in [0.1, 0.15) is 1.43 Å². The van der Waals surface area contributed by atoms with Gasteiger partial charge in [0.15, 0.2) is 17.4 Å². The Kier molecular flexibility index (Phi) is 19.6. The first-order chi connectivity index (χ1) is 4.00. The average molecular weight is 313 g/mol. The molecule has 0 atom stereocenters. The van der Waals surface area contributed by atoms with Gasteiger partial charge in [0, 0.05) is 0 Å². The number of phosphoric acid groups is 1. The van der Waals surface area contributed by atoms with Crippen LogP contribution in [0.2, 0.25) is 0 Å². The van der Waals surface area contributed by atoms with E-state index >= 15 is 0 Å². The minimum Gasteiger partial charge on any atom is -1.00 e. The van der Waals surface area contributed by atoms with Gasteiger partial charge in [-0.15, -0.1) is 0 Å². The summed E-state index contributed by atoms with van der Waals surface area (Å²) in [4.78, 5) is 21.6. The van der Waals surface area contributed by atoms with Crippen molar-refractivity contribution in [1.82, 2.24) is 0 Å². The van der Waals surface area contributed by atoms with E-state index in [-0.39, 0.29) is 70.2 Å². The van der Waals surface area contributed by atoms with Gasteiger partial charge >= 0.3 is 88.6 Å². The molecule has 72 valence electrons. The van der Waals surface area contributed by atoms with E-state index in [4.69, 9.17) is 35.3 Å². The molecule has 8 nitrogen and oxygen atoms in total. The zero-order valence-corrected chi connectivity index (χ0v) is 11.0. The van der Waals surface area contributed by atoms with Gasteiger partial charge in [0.25, 0.3) is 0 Å². The standard InChI is InChI=1S/Al.K.H3O4P.H2O4Se.4H/c;;2*1-5(2,3)4;;;;/h;;(H3,1,2,3,4);(H2,1,2,3,4);;;;/q;+1;;;;;;-1. The molecule has 0 saturated carbocycles. The summed E-state index contributed by atoms with van der Waals surface area (Å²) in [7, 11) is -4.64. The molecule has 0 aromatic heterocycles. The van der Waals surface area contributed by atoms with Gasteiger partial charge in [-0.1, -0.05) is 0 Å². The monoisotopic (exact) mass is 314 g/mol.